The third kappa shape index (κ3) is 5.92. The summed E-state index contributed by atoms with van der Waals surface area (Å²) < 4.78 is 12.2. The summed E-state index contributed by atoms with van der Waals surface area (Å²) >= 11 is 0. The summed E-state index contributed by atoms with van der Waals surface area (Å²) in [5.74, 6) is 1.62. The summed E-state index contributed by atoms with van der Waals surface area (Å²) in [5, 5.41) is 12.2. The van der Waals surface area contributed by atoms with Gasteiger partial charge in [-0.2, -0.15) is 0 Å². The van der Waals surface area contributed by atoms with E-state index in [4.69, 9.17) is 9.47 Å². The molecule has 184 valence electrons. The Labute approximate surface area is 205 Å². The number of allylic oxidation sites excluding steroid dienone is 1. The molecule has 2 aliphatic rings. The molecule has 0 spiro atoms. The average molecular weight is 476 g/mol. The molecule has 2 aromatic carbocycles. The van der Waals surface area contributed by atoms with Crippen LogP contribution in [-0.4, -0.2) is 27.3 Å². The highest BCUT2D eigenvalue weighted by molar-refractivity contribution is 5.91. The minimum Gasteiger partial charge on any atom is -0.459 e. The van der Waals surface area contributed by atoms with Gasteiger partial charge in [-0.1, -0.05) is 55.7 Å². The first kappa shape index (κ1) is 23.6. The van der Waals surface area contributed by atoms with Gasteiger partial charge in [-0.05, 0) is 54.0 Å². The lowest BCUT2D eigenvalue weighted by Crippen LogP contribution is -2.35. The van der Waals surface area contributed by atoms with Crippen molar-refractivity contribution in [3.05, 3.63) is 77.3 Å². The number of hydrogen-bond acceptors (Lipinski definition) is 5. The van der Waals surface area contributed by atoms with E-state index in [1.807, 2.05) is 54.6 Å². The number of aliphatic hydroxyl groups excluding tert-OH is 1. The van der Waals surface area contributed by atoms with Crippen molar-refractivity contribution in [2.24, 2.45) is 11.8 Å². The standard InChI is InChI=1S/C28H33N3O4/c32-17-19-10-12-20(13-11-19)18-34-27-15-22(21-6-2-1-3-7-21)14-25(35-27)28(33)29-16-26-30-23-8-4-5-9-24(23)31-26/h4-5,8-14,21-22,27,32H,1-3,6-7,15-18H2,(H,29,33)(H,30,31)/t22-,27+/m1/s1. The number of imidazole rings is 1. The fourth-order valence-corrected chi connectivity index (χ4v) is 5.11. The van der Waals surface area contributed by atoms with Crippen molar-refractivity contribution in [3.63, 3.8) is 0 Å². The second-order valence-corrected chi connectivity index (χ2v) is 9.54. The fourth-order valence-electron chi connectivity index (χ4n) is 5.11. The second-order valence-electron chi connectivity index (χ2n) is 9.54. The number of amides is 1. The zero-order valence-electron chi connectivity index (χ0n) is 19.9. The maximum atomic E-state index is 13.1. The summed E-state index contributed by atoms with van der Waals surface area (Å²) in [6.45, 7) is 0.708. The summed E-state index contributed by atoms with van der Waals surface area (Å²) in [6, 6.07) is 15.5. The Kier molecular flexibility index (Phi) is 7.45. The molecule has 1 saturated carbocycles. The zero-order valence-corrected chi connectivity index (χ0v) is 19.9. The molecule has 0 bridgehead atoms. The molecule has 1 amide bonds. The highest BCUT2D eigenvalue weighted by Crippen LogP contribution is 2.37. The topological polar surface area (TPSA) is 96.5 Å². The zero-order chi connectivity index (χ0) is 24.0. The third-order valence-corrected chi connectivity index (χ3v) is 7.06. The van der Waals surface area contributed by atoms with Crippen LogP contribution in [0.15, 0.2) is 60.4 Å². The van der Waals surface area contributed by atoms with Crippen molar-refractivity contribution in [2.45, 2.75) is 64.6 Å². The van der Waals surface area contributed by atoms with Gasteiger partial charge in [0.2, 0.25) is 6.29 Å². The van der Waals surface area contributed by atoms with Gasteiger partial charge in [-0.15, -0.1) is 0 Å². The molecular formula is C28H33N3O4. The first-order chi connectivity index (χ1) is 17.2. The number of aromatic amines is 1. The molecule has 0 radical (unpaired) electrons. The lowest BCUT2D eigenvalue weighted by molar-refractivity contribution is -0.156. The molecule has 0 saturated heterocycles. The van der Waals surface area contributed by atoms with Gasteiger partial charge in [0.25, 0.3) is 5.91 Å². The maximum absolute atomic E-state index is 13.1. The molecule has 35 heavy (non-hydrogen) atoms. The van der Waals surface area contributed by atoms with E-state index >= 15 is 0 Å². The normalized spacial score (nSPS) is 20.9. The number of rotatable bonds is 8. The summed E-state index contributed by atoms with van der Waals surface area (Å²) in [5.41, 5.74) is 3.70. The van der Waals surface area contributed by atoms with E-state index in [0.29, 0.717) is 30.7 Å². The van der Waals surface area contributed by atoms with E-state index < -0.39 is 6.29 Å². The predicted octanol–water partition coefficient (Wildman–Crippen LogP) is 4.72. The molecule has 1 aliphatic carbocycles. The summed E-state index contributed by atoms with van der Waals surface area (Å²) in [4.78, 5) is 20.9. The van der Waals surface area contributed by atoms with E-state index in [1.165, 1.54) is 32.1 Å². The first-order valence-electron chi connectivity index (χ1n) is 12.6. The number of benzene rings is 2. The Morgan fingerprint density at radius 2 is 1.86 bits per heavy atom. The largest absolute Gasteiger partial charge is 0.459 e. The van der Waals surface area contributed by atoms with E-state index in [-0.39, 0.29) is 18.4 Å². The fraction of sp³-hybridized carbons (Fsp3) is 0.429. The number of carbonyl (C=O) groups is 1. The highest BCUT2D eigenvalue weighted by atomic mass is 16.7. The molecule has 3 N–H and O–H groups in total. The third-order valence-electron chi connectivity index (χ3n) is 7.06. The molecule has 1 aliphatic heterocycles. The number of para-hydroxylation sites is 2. The maximum Gasteiger partial charge on any atom is 0.286 e. The van der Waals surface area contributed by atoms with Gasteiger partial charge >= 0.3 is 0 Å². The van der Waals surface area contributed by atoms with E-state index in [0.717, 1.165) is 28.6 Å². The molecule has 2 atom stereocenters. The second kappa shape index (κ2) is 11.1. The van der Waals surface area contributed by atoms with E-state index in [1.54, 1.807) is 0 Å². The van der Waals surface area contributed by atoms with Crippen LogP contribution in [0.2, 0.25) is 0 Å². The number of ether oxygens (including phenoxy) is 2. The summed E-state index contributed by atoms with van der Waals surface area (Å²) in [6.07, 6.45) is 8.43. The van der Waals surface area contributed by atoms with Crippen molar-refractivity contribution in [1.82, 2.24) is 15.3 Å². The Bertz CT molecular complexity index is 1130. The molecule has 5 rings (SSSR count). The van der Waals surface area contributed by atoms with Gasteiger partial charge in [0, 0.05) is 6.42 Å². The van der Waals surface area contributed by atoms with Crippen LogP contribution in [0.5, 0.6) is 0 Å². The molecule has 1 aromatic heterocycles. The van der Waals surface area contributed by atoms with Crippen LogP contribution in [0.3, 0.4) is 0 Å². The molecule has 7 nitrogen and oxygen atoms in total. The quantitative estimate of drug-likeness (QED) is 0.438. The lowest BCUT2D eigenvalue weighted by Gasteiger charge is -2.35. The Morgan fingerprint density at radius 3 is 2.63 bits per heavy atom. The molecule has 7 heteroatoms. The van der Waals surface area contributed by atoms with Crippen molar-refractivity contribution < 1.29 is 19.4 Å². The predicted molar refractivity (Wildman–Crippen MR) is 133 cm³/mol. The minimum atomic E-state index is -0.476. The van der Waals surface area contributed by atoms with Gasteiger partial charge in [-0.25, -0.2) is 4.98 Å². The van der Waals surface area contributed by atoms with Crippen molar-refractivity contribution in [2.75, 3.05) is 0 Å². The van der Waals surface area contributed by atoms with Crippen LogP contribution >= 0.6 is 0 Å². The SMILES string of the molecule is O=C(NCc1nc2ccccc2[nH]1)C1=C[C@@H](C2CCCCC2)C[C@@H](OCc2ccc(CO)cc2)O1. The van der Waals surface area contributed by atoms with E-state index in [2.05, 4.69) is 15.3 Å². The number of aromatic nitrogens is 2. The van der Waals surface area contributed by atoms with Gasteiger partial charge in [-0.3, -0.25) is 4.79 Å². The number of aliphatic hydroxyl groups is 1. The number of hydrogen-bond donors (Lipinski definition) is 3. The van der Waals surface area contributed by atoms with Crippen LogP contribution in [0.25, 0.3) is 11.0 Å². The number of nitrogens with one attached hydrogen (secondary N) is 2. The van der Waals surface area contributed by atoms with Crippen LogP contribution < -0.4 is 5.32 Å². The first-order valence-corrected chi connectivity index (χ1v) is 12.6. The number of nitrogens with zero attached hydrogens (tertiary/aromatic N) is 1. The van der Waals surface area contributed by atoms with Gasteiger partial charge < -0.3 is 24.9 Å². The van der Waals surface area contributed by atoms with Crippen molar-refractivity contribution in [1.29, 1.82) is 0 Å². The molecule has 2 heterocycles. The minimum absolute atomic E-state index is 0.0211. The van der Waals surface area contributed by atoms with Crippen LogP contribution in [0.1, 0.15) is 55.5 Å². The van der Waals surface area contributed by atoms with Gasteiger partial charge in [0.1, 0.15) is 5.82 Å². The smallest absolute Gasteiger partial charge is 0.286 e. The van der Waals surface area contributed by atoms with Crippen LogP contribution in [0, 0.1) is 11.8 Å². The molecule has 3 aromatic rings. The summed E-state index contributed by atoms with van der Waals surface area (Å²) in [7, 11) is 0. The van der Waals surface area contributed by atoms with Crippen LogP contribution in [-0.2, 0) is 34.0 Å². The number of H-pyrrole nitrogens is 1. The average Bonchev–Trinajstić information content (AvgIpc) is 3.34. The van der Waals surface area contributed by atoms with Crippen molar-refractivity contribution >= 4 is 16.9 Å². The Hall–Kier alpha value is -3.16. The van der Waals surface area contributed by atoms with Gasteiger partial charge in [0.15, 0.2) is 5.76 Å². The van der Waals surface area contributed by atoms with Crippen LogP contribution in [0.4, 0.5) is 0 Å². The number of carbonyl (C=O) groups excluding carboxylic acids is 1. The Balaban J connectivity index is 1.25. The Morgan fingerprint density at radius 1 is 1.09 bits per heavy atom. The molecule has 1 fully saturated rings. The number of fused-ring (bicyclic) bond motifs is 1. The van der Waals surface area contributed by atoms with Gasteiger partial charge in [0.05, 0.1) is 30.8 Å². The lowest BCUT2D eigenvalue weighted by atomic mass is 9.77. The molecule has 0 unspecified atom stereocenters. The molecular weight excluding hydrogens is 442 g/mol. The monoisotopic (exact) mass is 475 g/mol. The highest BCUT2D eigenvalue weighted by Gasteiger charge is 2.33. The van der Waals surface area contributed by atoms with Crippen molar-refractivity contribution in [3.8, 4) is 0 Å². The van der Waals surface area contributed by atoms with E-state index in [9.17, 15) is 9.90 Å².